The van der Waals surface area contributed by atoms with Crippen LogP contribution in [0.25, 0.3) is 0 Å². The normalized spacial score (nSPS) is 16.8. The zero-order valence-corrected chi connectivity index (χ0v) is 11.9. The first-order valence-corrected chi connectivity index (χ1v) is 9.07. The van der Waals surface area contributed by atoms with Crippen molar-refractivity contribution in [1.29, 1.82) is 0 Å². The molecule has 0 saturated heterocycles. The molecule has 1 aliphatic carbocycles. The first-order chi connectivity index (χ1) is 8.20. The van der Waals surface area contributed by atoms with Gasteiger partial charge in [0.2, 0.25) is 10.0 Å². The van der Waals surface area contributed by atoms with Crippen LogP contribution in [0.3, 0.4) is 0 Å². The predicted molar refractivity (Wildman–Crippen MR) is 67.6 cm³/mol. The van der Waals surface area contributed by atoms with Gasteiger partial charge in [-0.3, -0.25) is 0 Å². The van der Waals surface area contributed by atoms with Gasteiger partial charge in [0.1, 0.15) is 0 Å². The summed E-state index contributed by atoms with van der Waals surface area (Å²) in [6, 6.07) is 3.76. The Labute approximate surface area is 111 Å². The van der Waals surface area contributed by atoms with Crippen molar-refractivity contribution in [2.75, 3.05) is 0 Å². The maximum absolute atomic E-state index is 12.0. The van der Waals surface area contributed by atoms with Crippen molar-refractivity contribution >= 4 is 29.8 Å². The fourth-order valence-corrected chi connectivity index (χ4v) is 3.93. The minimum atomic E-state index is -3.94. The second-order valence-electron chi connectivity index (χ2n) is 4.26. The summed E-state index contributed by atoms with van der Waals surface area (Å²) in [5, 5.41) is 0. The molecule has 8 heteroatoms. The van der Waals surface area contributed by atoms with Crippen molar-refractivity contribution in [3.8, 4) is 0 Å². The number of nitrogens with one attached hydrogen (secondary N) is 1. The first kappa shape index (κ1) is 13.8. The van der Waals surface area contributed by atoms with E-state index in [0.29, 0.717) is 5.56 Å². The highest BCUT2D eigenvalue weighted by Crippen LogP contribution is 2.26. The smallest absolute Gasteiger partial charge is 0.208 e. The lowest BCUT2D eigenvalue weighted by Gasteiger charge is -2.09. The zero-order valence-electron chi connectivity index (χ0n) is 9.55. The van der Waals surface area contributed by atoms with Crippen LogP contribution >= 0.6 is 10.7 Å². The number of halogens is 1. The molecule has 1 aromatic rings. The molecule has 1 aromatic carbocycles. The maximum Gasteiger partial charge on any atom is 0.261 e. The number of sulfonamides is 1. The molecule has 1 saturated carbocycles. The molecule has 0 aromatic heterocycles. The number of rotatable bonds is 4. The Morgan fingerprint density at radius 3 is 2.33 bits per heavy atom. The summed E-state index contributed by atoms with van der Waals surface area (Å²) in [5.41, 5.74) is 0.479. The van der Waals surface area contributed by atoms with E-state index in [1.807, 2.05) is 0 Å². The Kier molecular flexibility index (Phi) is 3.44. The molecule has 5 nitrogen and oxygen atoms in total. The third-order valence-corrected chi connectivity index (χ3v) is 5.64. The summed E-state index contributed by atoms with van der Waals surface area (Å²) in [6.45, 7) is 1.60. The molecule has 1 N–H and O–H groups in total. The standard InChI is InChI=1S/C10H12ClNO4S2/c1-7-2-5-9(17(11,13)14)6-10(7)18(15,16)12-8-3-4-8/h2,5-6,8,12H,3-4H2,1H3. The molecule has 0 heterocycles. The number of benzene rings is 1. The third kappa shape index (κ3) is 3.03. The lowest BCUT2D eigenvalue weighted by molar-refractivity contribution is 0.580. The first-order valence-electron chi connectivity index (χ1n) is 5.28. The van der Waals surface area contributed by atoms with E-state index in [4.69, 9.17) is 10.7 Å². The van der Waals surface area contributed by atoms with Gasteiger partial charge in [0.05, 0.1) is 9.79 Å². The molecule has 100 valence electrons. The van der Waals surface area contributed by atoms with Crippen molar-refractivity contribution in [2.45, 2.75) is 35.6 Å². The Bertz CT molecular complexity index is 678. The van der Waals surface area contributed by atoms with E-state index in [1.165, 1.54) is 12.1 Å². The van der Waals surface area contributed by atoms with E-state index >= 15 is 0 Å². The molecule has 0 spiro atoms. The average molecular weight is 310 g/mol. The minimum Gasteiger partial charge on any atom is -0.208 e. The van der Waals surface area contributed by atoms with Gasteiger partial charge in [0.25, 0.3) is 9.05 Å². The molecule has 0 radical (unpaired) electrons. The fourth-order valence-electron chi connectivity index (χ4n) is 1.51. The Morgan fingerprint density at radius 1 is 1.22 bits per heavy atom. The van der Waals surface area contributed by atoms with Crippen LogP contribution in [0.2, 0.25) is 0 Å². The highest BCUT2D eigenvalue weighted by molar-refractivity contribution is 8.13. The molecule has 0 unspecified atom stereocenters. The second-order valence-corrected chi connectivity index (χ2v) is 8.51. The summed E-state index contributed by atoms with van der Waals surface area (Å²) >= 11 is 0. The molecule has 1 fully saturated rings. The van der Waals surface area contributed by atoms with Crippen molar-refractivity contribution in [3.63, 3.8) is 0 Å². The molecular weight excluding hydrogens is 298 g/mol. The monoisotopic (exact) mass is 309 g/mol. The summed E-state index contributed by atoms with van der Waals surface area (Å²) < 4.78 is 49.0. The van der Waals surface area contributed by atoms with E-state index in [0.717, 1.165) is 18.9 Å². The van der Waals surface area contributed by atoms with Crippen LogP contribution < -0.4 is 4.72 Å². The van der Waals surface area contributed by atoms with Crippen LogP contribution in [0.15, 0.2) is 28.0 Å². The molecule has 2 rings (SSSR count). The van der Waals surface area contributed by atoms with Gasteiger partial charge in [0.15, 0.2) is 0 Å². The van der Waals surface area contributed by atoms with Crippen LogP contribution in [0.4, 0.5) is 0 Å². The fraction of sp³-hybridized carbons (Fsp3) is 0.400. The average Bonchev–Trinajstić information content (AvgIpc) is 2.99. The van der Waals surface area contributed by atoms with Gasteiger partial charge in [-0.1, -0.05) is 6.07 Å². The molecular formula is C10H12ClNO4S2. The predicted octanol–water partition coefficient (Wildman–Crippen LogP) is 1.36. The number of hydrogen-bond donors (Lipinski definition) is 1. The molecule has 0 bridgehead atoms. The van der Waals surface area contributed by atoms with Gasteiger partial charge in [-0.05, 0) is 37.5 Å². The molecule has 0 aliphatic heterocycles. The summed E-state index contributed by atoms with van der Waals surface area (Å²) in [4.78, 5) is -0.262. The van der Waals surface area contributed by atoms with Crippen LogP contribution in [0.5, 0.6) is 0 Å². The molecule has 1 aliphatic rings. The van der Waals surface area contributed by atoms with Crippen molar-refractivity contribution in [3.05, 3.63) is 23.8 Å². The Balaban J connectivity index is 2.49. The molecule has 0 atom stereocenters. The van der Waals surface area contributed by atoms with E-state index in [-0.39, 0.29) is 15.8 Å². The quantitative estimate of drug-likeness (QED) is 0.852. The van der Waals surface area contributed by atoms with Crippen LogP contribution in [-0.2, 0) is 19.1 Å². The highest BCUT2D eigenvalue weighted by Gasteiger charge is 2.29. The van der Waals surface area contributed by atoms with Gasteiger partial charge in [-0.2, -0.15) is 0 Å². The summed E-state index contributed by atoms with van der Waals surface area (Å²) in [5.74, 6) is 0. The van der Waals surface area contributed by atoms with Crippen molar-refractivity contribution < 1.29 is 16.8 Å². The van der Waals surface area contributed by atoms with E-state index < -0.39 is 19.1 Å². The molecule has 0 amide bonds. The van der Waals surface area contributed by atoms with Crippen molar-refractivity contribution in [2.24, 2.45) is 0 Å². The van der Waals surface area contributed by atoms with Crippen LogP contribution in [0, 0.1) is 6.92 Å². The molecule has 18 heavy (non-hydrogen) atoms. The van der Waals surface area contributed by atoms with Gasteiger partial charge in [-0.15, -0.1) is 0 Å². The zero-order chi connectivity index (χ0) is 13.6. The maximum atomic E-state index is 12.0. The second kappa shape index (κ2) is 4.48. The summed E-state index contributed by atoms with van der Waals surface area (Å²) in [7, 11) is -2.41. The van der Waals surface area contributed by atoms with Crippen LogP contribution in [-0.4, -0.2) is 22.9 Å². The lowest BCUT2D eigenvalue weighted by Crippen LogP contribution is -2.26. The van der Waals surface area contributed by atoms with Gasteiger partial charge in [-0.25, -0.2) is 21.6 Å². The topological polar surface area (TPSA) is 80.3 Å². The van der Waals surface area contributed by atoms with Crippen LogP contribution in [0.1, 0.15) is 18.4 Å². The largest absolute Gasteiger partial charge is 0.261 e. The minimum absolute atomic E-state index is 0.0364. The summed E-state index contributed by atoms with van der Waals surface area (Å²) in [6.07, 6.45) is 1.62. The van der Waals surface area contributed by atoms with Crippen molar-refractivity contribution in [1.82, 2.24) is 4.72 Å². The SMILES string of the molecule is Cc1ccc(S(=O)(=O)Cl)cc1S(=O)(=O)NC1CC1. The third-order valence-electron chi connectivity index (χ3n) is 2.63. The van der Waals surface area contributed by atoms with Gasteiger partial charge >= 0.3 is 0 Å². The number of aryl methyl sites for hydroxylation is 1. The van der Waals surface area contributed by atoms with Gasteiger partial charge in [0, 0.05) is 16.7 Å². The lowest BCUT2D eigenvalue weighted by atomic mass is 10.2. The Morgan fingerprint density at radius 2 is 1.83 bits per heavy atom. The highest BCUT2D eigenvalue weighted by atomic mass is 35.7. The van der Waals surface area contributed by atoms with E-state index in [1.54, 1.807) is 6.92 Å². The Hall–Kier alpha value is -0.630. The number of hydrogen-bond acceptors (Lipinski definition) is 4. The van der Waals surface area contributed by atoms with E-state index in [2.05, 4.69) is 4.72 Å². The van der Waals surface area contributed by atoms with E-state index in [9.17, 15) is 16.8 Å². The van der Waals surface area contributed by atoms with Gasteiger partial charge < -0.3 is 0 Å².